The van der Waals surface area contributed by atoms with Crippen molar-refractivity contribution in [1.29, 1.82) is 0 Å². The van der Waals surface area contributed by atoms with E-state index in [1.807, 2.05) is 32.9 Å². The fraction of sp³-hybridized carbons (Fsp3) is 0.704. The maximum Gasteiger partial charge on any atom is 0.408 e. The van der Waals surface area contributed by atoms with Gasteiger partial charge in [-0.3, -0.25) is 0 Å². The molecule has 1 aliphatic rings. The molecule has 1 fully saturated rings. The summed E-state index contributed by atoms with van der Waals surface area (Å²) >= 11 is 0. The number of alkyl carbamates (subject to hydrolysis) is 1. The van der Waals surface area contributed by atoms with E-state index in [-0.39, 0.29) is 5.04 Å². The third-order valence-electron chi connectivity index (χ3n) is 6.12. The minimum atomic E-state index is -2.03. The summed E-state index contributed by atoms with van der Waals surface area (Å²) in [5.41, 5.74) is 0.878. The first-order valence-electron chi connectivity index (χ1n) is 12.3. The summed E-state index contributed by atoms with van der Waals surface area (Å²) in [6.07, 6.45) is 1.94. The van der Waals surface area contributed by atoms with Crippen LogP contribution in [-0.2, 0) is 20.7 Å². The standard InChI is InChI=1S/C27H45NO5Si/c1-25(2,3)31-23(29)22(28-24(30)32-26(4,5)6)17-19-16-20(14-15-21(19)18-12-13-18)33-34(10,11)27(7,8)9/h14-16,18,22H,12-13,17H2,1-11H3,(H,28,30). The molecule has 2 rings (SSSR count). The topological polar surface area (TPSA) is 73.9 Å². The number of amides is 1. The summed E-state index contributed by atoms with van der Waals surface area (Å²) in [5, 5.41) is 2.82. The predicted octanol–water partition coefficient (Wildman–Crippen LogP) is 6.73. The van der Waals surface area contributed by atoms with Crippen molar-refractivity contribution in [3.05, 3.63) is 29.3 Å². The second kappa shape index (κ2) is 9.92. The van der Waals surface area contributed by atoms with E-state index in [9.17, 15) is 9.59 Å². The average molecular weight is 492 g/mol. The summed E-state index contributed by atoms with van der Waals surface area (Å²) in [7, 11) is -2.03. The quantitative estimate of drug-likeness (QED) is 0.338. The van der Waals surface area contributed by atoms with Crippen LogP contribution in [0.5, 0.6) is 5.75 Å². The van der Waals surface area contributed by atoms with Crippen LogP contribution in [-0.4, -0.2) is 37.6 Å². The lowest BCUT2D eigenvalue weighted by Crippen LogP contribution is -2.47. The summed E-state index contributed by atoms with van der Waals surface area (Å²) in [6.45, 7) is 21.9. The number of nitrogens with one attached hydrogen (secondary N) is 1. The average Bonchev–Trinajstić information content (AvgIpc) is 3.41. The summed E-state index contributed by atoms with van der Waals surface area (Å²) in [6, 6.07) is 5.34. The molecule has 1 N–H and O–H groups in total. The zero-order chi connectivity index (χ0) is 26.1. The van der Waals surface area contributed by atoms with Crippen molar-refractivity contribution in [3.8, 4) is 5.75 Å². The lowest BCUT2D eigenvalue weighted by molar-refractivity contribution is -0.157. The highest BCUT2D eigenvalue weighted by Gasteiger charge is 2.39. The Labute approximate surface area is 207 Å². The van der Waals surface area contributed by atoms with Crippen molar-refractivity contribution >= 4 is 20.4 Å². The first-order chi connectivity index (χ1) is 15.3. The largest absolute Gasteiger partial charge is 0.543 e. The molecule has 0 heterocycles. The third-order valence-corrected chi connectivity index (χ3v) is 10.5. The van der Waals surface area contributed by atoms with Crippen LogP contribution in [0.25, 0.3) is 0 Å². The van der Waals surface area contributed by atoms with Gasteiger partial charge in [0.15, 0.2) is 0 Å². The van der Waals surface area contributed by atoms with Gasteiger partial charge in [0.25, 0.3) is 0 Å². The van der Waals surface area contributed by atoms with Crippen LogP contribution in [0.3, 0.4) is 0 Å². The number of carbonyl (C=O) groups is 2. The molecule has 1 aliphatic carbocycles. The zero-order valence-corrected chi connectivity index (χ0v) is 24.0. The van der Waals surface area contributed by atoms with Crippen LogP contribution in [0.1, 0.15) is 92.2 Å². The van der Waals surface area contributed by atoms with Crippen LogP contribution in [0.2, 0.25) is 18.1 Å². The molecule has 192 valence electrons. The van der Waals surface area contributed by atoms with Crippen LogP contribution in [0, 0.1) is 0 Å². The number of hydrogen-bond donors (Lipinski definition) is 1. The molecule has 1 saturated carbocycles. The third kappa shape index (κ3) is 8.64. The highest BCUT2D eigenvalue weighted by molar-refractivity contribution is 6.74. The van der Waals surface area contributed by atoms with Crippen molar-refractivity contribution in [2.24, 2.45) is 0 Å². The number of ether oxygens (including phenoxy) is 2. The Hall–Kier alpha value is -2.02. The Kier molecular flexibility index (Phi) is 8.23. The predicted molar refractivity (Wildman–Crippen MR) is 139 cm³/mol. The Bertz CT molecular complexity index is 886. The van der Waals surface area contributed by atoms with Crippen molar-refractivity contribution in [2.75, 3.05) is 0 Å². The van der Waals surface area contributed by atoms with Crippen LogP contribution in [0.4, 0.5) is 4.79 Å². The van der Waals surface area contributed by atoms with E-state index in [0.717, 1.165) is 24.2 Å². The molecule has 1 aromatic rings. The molecular weight excluding hydrogens is 446 g/mol. The normalized spacial score (nSPS) is 16.0. The van der Waals surface area contributed by atoms with Crippen LogP contribution >= 0.6 is 0 Å². The molecule has 1 aromatic carbocycles. The van der Waals surface area contributed by atoms with Gasteiger partial charge in [-0.15, -0.1) is 0 Å². The van der Waals surface area contributed by atoms with Crippen molar-refractivity contribution < 1.29 is 23.5 Å². The molecule has 7 heteroatoms. The van der Waals surface area contributed by atoms with Crippen LogP contribution in [0.15, 0.2) is 18.2 Å². The Morgan fingerprint density at radius 3 is 2.00 bits per heavy atom. The lowest BCUT2D eigenvalue weighted by atomic mass is 9.96. The number of hydrogen-bond acceptors (Lipinski definition) is 5. The maximum absolute atomic E-state index is 13.1. The Morgan fingerprint density at radius 2 is 1.53 bits per heavy atom. The molecule has 0 saturated heterocycles. The molecule has 34 heavy (non-hydrogen) atoms. The van der Waals surface area contributed by atoms with Gasteiger partial charge < -0.3 is 19.2 Å². The SMILES string of the molecule is CC(C)(C)OC(=O)NC(Cc1cc(O[Si](C)(C)C(C)(C)C)ccc1C1CC1)C(=O)OC(C)(C)C. The molecule has 1 atom stereocenters. The maximum atomic E-state index is 13.1. The number of carbonyl (C=O) groups excluding carboxylic acids is 2. The fourth-order valence-corrected chi connectivity index (χ4v) is 4.32. The number of benzene rings is 1. The van der Waals surface area contributed by atoms with Gasteiger partial charge in [0, 0.05) is 6.42 Å². The van der Waals surface area contributed by atoms with Gasteiger partial charge in [-0.1, -0.05) is 26.8 Å². The van der Waals surface area contributed by atoms with Crippen LogP contribution < -0.4 is 9.74 Å². The smallest absolute Gasteiger partial charge is 0.408 e. The molecule has 6 nitrogen and oxygen atoms in total. The minimum absolute atomic E-state index is 0.0691. The van der Waals surface area contributed by atoms with E-state index in [2.05, 4.69) is 45.2 Å². The molecule has 0 bridgehead atoms. The van der Waals surface area contributed by atoms with Gasteiger partial charge >= 0.3 is 12.1 Å². The van der Waals surface area contributed by atoms with Gasteiger partial charge in [-0.2, -0.15) is 0 Å². The monoisotopic (exact) mass is 491 g/mol. The van der Waals surface area contributed by atoms with Gasteiger partial charge in [0.2, 0.25) is 8.32 Å². The zero-order valence-electron chi connectivity index (χ0n) is 23.0. The van der Waals surface area contributed by atoms with Crippen molar-refractivity contribution in [3.63, 3.8) is 0 Å². The van der Waals surface area contributed by atoms with Gasteiger partial charge in [-0.05, 0) is 102 Å². The number of esters is 1. The first-order valence-corrected chi connectivity index (χ1v) is 15.2. The van der Waals surface area contributed by atoms with Gasteiger partial charge in [-0.25, -0.2) is 9.59 Å². The Balaban J connectivity index is 2.37. The lowest BCUT2D eigenvalue weighted by Gasteiger charge is -2.36. The molecule has 0 radical (unpaired) electrons. The van der Waals surface area contributed by atoms with E-state index in [4.69, 9.17) is 13.9 Å². The summed E-state index contributed by atoms with van der Waals surface area (Å²) < 4.78 is 17.6. The van der Waals surface area contributed by atoms with Crippen molar-refractivity contribution in [1.82, 2.24) is 5.32 Å². The number of rotatable bonds is 7. The molecule has 0 aliphatic heterocycles. The molecular formula is C27H45NO5Si. The van der Waals surface area contributed by atoms with E-state index in [0.29, 0.717) is 12.3 Å². The summed E-state index contributed by atoms with van der Waals surface area (Å²) in [4.78, 5) is 25.7. The molecule has 0 aromatic heterocycles. The van der Waals surface area contributed by atoms with Gasteiger partial charge in [0.05, 0.1) is 0 Å². The Morgan fingerprint density at radius 1 is 0.971 bits per heavy atom. The van der Waals surface area contributed by atoms with Crippen molar-refractivity contribution in [2.45, 2.75) is 123 Å². The second-order valence-electron chi connectivity index (χ2n) is 12.9. The van der Waals surface area contributed by atoms with Gasteiger partial charge in [0.1, 0.15) is 23.0 Å². The van der Waals surface area contributed by atoms with E-state index >= 15 is 0 Å². The van der Waals surface area contributed by atoms with E-state index in [1.54, 1.807) is 20.8 Å². The second-order valence-corrected chi connectivity index (χ2v) is 17.7. The minimum Gasteiger partial charge on any atom is -0.543 e. The van der Waals surface area contributed by atoms with E-state index in [1.165, 1.54) is 5.56 Å². The molecule has 1 amide bonds. The van der Waals surface area contributed by atoms with E-state index < -0.39 is 37.6 Å². The fourth-order valence-electron chi connectivity index (χ4n) is 3.30. The molecule has 0 spiro atoms. The molecule has 1 unspecified atom stereocenters. The summed E-state index contributed by atoms with van der Waals surface area (Å²) in [5.74, 6) is 0.819. The first kappa shape index (κ1) is 28.2. The highest BCUT2D eigenvalue weighted by atomic mass is 28.4. The highest BCUT2D eigenvalue weighted by Crippen LogP contribution is 2.44.